The van der Waals surface area contributed by atoms with E-state index in [0.717, 1.165) is 12.8 Å². The molecule has 1 aliphatic rings. The number of para-hydroxylation sites is 2. The lowest BCUT2D eigenvalue weighted by molar-refractivity contribution is -0.131. The molecule has 1 aromatic rings. The second-order valence-electron chi connectivity index (χ2n) is 7.32. The molecule has 1 aliphatic carbocycles. The van der Waals surface area contributed by atoms with E-state index in [2.05, 4.69) is 5.32 Å². The van der Waals surface area contributed by atoms with E-state index in [9.17, 15) is 9.59 Å². The van der Waals surface area contributed by atoms with Crippen molar-refractivity contribution in [2.24, 2.45) is 0 Å². The van der Waals surface area contributed by atoms with Gasteiger partial charge in [-0.3, -0.25) is 9.59 Å². The third-order valence-electron chi connectivity index (χ3n) is 4.77. The average molecular weight is 360 g/mol. The van der Waals surface area contributed by atoms with Crippen LogP contribution in [0.3, 0.4) is 0 Å². The standard InChI is InChI=1S/C21H32N2O3/c1-16(2)26-20-13-9-8-12-19(20)22-21(25)14-15-23(17(3)24)18-10-6-4-5-7-11-18/h8-9,12-13,16,18H,4-7,10-11,14-15H2,1-3H3,(H,22,25). The summed E-state index contributed by atoms with van der Waals surface area (Å²) >= 11 is 0. The van der Waals surface area contributed by atoms with Crippen LogP contribution in [0.4, 0.5) is 5.69 Å². The Morgan fingerprint density at radius 1 is 1.15 bits per heavy atom. The molecule has 0 heterocycles. The summed E-state index contributed by atoms with van der Waals surface area (Å²) in [5.74, 6) is 0.640. The van der Waals surface area contributed by atoms with Crippen LogP contribution in [0.5, 0.6) is 5.75 Å². The van der Waals surface area contributed by atoms with Gasteiger partial charge in [-0.25, -0.2) is 0 Å². The Labute approximate surface area is 157 Å². The number of nitrogens with one attached hydrogen (secondary N) is 1. The third-order valence-corrected chi connectivity index (χ3v) is 4.77. The molecule has 2 rings (SSSR count). The summed E-state index contributed by atoms with van der Waals surface area (Å²) in [6, 6.07) is 7.72. The SMILES string of the molecule is CC(=O)N(CCC(=O)Nc1ccccc1OC(C)C)C1CCCCCC1. The Hall–Kier alpha value is -2.04. The molecule has 1 fully saturated rings. The van der Waals surface area contributed by atoms with Crippen molar-refractivity contribution >= 4 is 17.5 Å². The number of carbonyl (C=O) groups is 2. The second-order valence-corrected chi connectivity index (χ2v) is 7.32. The molecule has 2 amide bonds. The van der Waals surface area contributed by atoms with Gasteiger partial charge in [-0.1, -0.05) is 37.8 Å². The first kappa shape index (κ1) is 20.3. The van der Waals surface area contributed by atoms with Crippen molar-refractivity contribution in [2.75, 3.05) is 11.9 Å². The van der Waals surface area contributed by atoms with Crippen LogP contribution in [0.25, 0.3) is 0 Å². The van der Waals surface area contributed by atoms with Gasteiger partial charge < -0.3 is 15.0 Å². The summed E-state index contributed by atoms with van der Waals surface area (Å²) in [6.45, 7) is 5.99. The number of anilines is 1. The average Bonchev–Trinajstić information content (AvgIpc) is 2.85. The Kier molecular flexibility index (Phi) is 7.95. The number of nitrogens with zero attached hydrogens (tertiary/aromatic N) is 1. The van der Waals surface area contributed by atoms with Crippen molar-refractivity contribution in [3.63, 3.8) is 0 Å². The number of benzene rings is 1. The Bertz CT molecular complexity index is 593. The monoisotopic (exact) mass is 360 g/mol. The van der Waals surface area contributed by atoms with Gasteiger partial charge in [0.1, 0.15) is 5.75 Å². The van der Waals surface area contributed by atoms with Crippen molar-refractivity contribution in [3.8, 4) is 5.75 Å². The molecule has 26 heavy (non-hydrogen) atoms. The molecule has 0 saturated heterocycles. The lowest BCUT2D eigenvalue weighted by atomic mass is 10.1. The minimum absolute atomic E-state index is 0.0384. The van der Waals surface area contributed by atoms with Crippen LogP contribution < -0.4 is 10.1 Å². The predicted octanol–water partition coefficient (Wildman–Crippen LogP) is 4.37. The molecule has 1 saturated carbocycles. The van der Waals surface area contributed by atoms with E-state index < -0.39 is 0 Å². The zero-order valence-electron chi connectivity index (χ0n) is 16.3. The van der Waals surface area contributed by atoms with Crippen LogP contribution in [0.15, 0.2) is 24.3 Å². The van der Waals surface area contributed by atoms with E-state index in [4.69, 9.17) is 4.74 Å². The number of amides is 2. The summed E-state index contributed by atoms with van der Waals surface area (Å²) < 4.78 is 5.74. The highest BCUT2D eigenvalue weighted by atomic mass is 16.5. The molecule has 0 bridgehead atoms. The minimum atomic E-state index is -0.0929. The molecule has 0 spiro atoms. The zero-order valence-corrected chi connectivity index (χ0v) is 16.3. The van der Waals surface area contributed by atoms with Crippen molar-refractivity contribution in [3.05, 3.63) is 24.3 Å². The summed E-state index contributed by atoms with van der Waals surface area (Å²) in [5, 5.41) is 2.92. The van der Waals surface area contributed by atoms with Gasteiger partial charge in [0, 0.05) is 25.9 Å². The maximum absolute atomic E-state index is 12.4. The summed E-state index contributed by atoms with van der Waals surface area (Å²) in [5.41, 5.74) is 0.676. The van der Waals surface area contributed by atoms with Crippen molar-refractivity contribution < 1.29 is 14.3 Å². The number of rotatable bonds is 7. The van der Waals surface area contributed by atoms with E-state index in [0.29, 0.717) is 24.4 Å². The van der Waals surface area contributed by atoms with Gasteiger partial charge in [-0.05, 0) is 38.8 Å². The van der Waals surface area contributed by atoms with Gasteiger partial charge in [0.15, 0.2) is 0 Å². The number of ether oxygens (including phenoxy) is 1. The van der Waals surface area contributed by atoms with Crippen molar-refractivity contribution in [2.45, 2.75) is 77.9 Å². The third kappa shape index (κ3) is 6.36. The zero-order chi connectivity index (χ0) is 18.9. The number of carbonyl (C=O) groups excluding carboxylic acids is 2. The fourth-order valence-corrected chi connectivity index (χ4v) is 3.53. The Balaban J connectivity index is 1.93. The van der Waals surface area contributed by atoms with Crippen LogP contribution in [-0.4, -0.2) is 35.4 Å². The lowest BCUT2D eigenvalue weighted by Crippen LogP contribution is -2.40. The molecule has 0 aliphatic heterocycles. The predicted molar refractivity (Wildman–Crippen MR) is 104 cm³/mol. The van der Waals surface area contributed by atoms with E-state index in [-0.39, 0.29) is 24.0 Å². The molecule has 0 aromatic heterocycles. The van der Waals surface area contributed by atoms with E-state index in [1.54, 1.807) is 6.92 Å². The fourth-order valence-electron chi connectivity index (χ4n) is 3.53. The molecule has 0 atom stereocenters. The topological polar surface area (TPSA) is 58.6 Å². The minimum Gasteiger partial charge on any atom is -0.489 e. The highest BCUT2D eigenvalue weighted by molar-refractivity contribution is 5.92. The maximum atomic E-state index is 12.4. The van der Waals surface area contributed by atoms with Gasteiger partial charge >= 0.3 is 0 Å². The fraction of sp³-hybridized carbons (Fsp3) is 0.619. The molecule has 1 N–H and O–H groups in total. The molecule has 1 aromatic carbocycles. The molecule has 0 unspecified atom stereocenters. The first-order chi connectivity index (χ1) is 12.5. The molecule has 5 nitrogen and oxygen atoms in total. The van der Waals surface area contributed by atoms with Gasteiger partial charge in [0.25, 0.3) is 0 Å². The quantitative estimate of drug-likeness (QED) is 0.734. The lowest BCUT2D eigenvalue weighted by Gasteiger charge is -2.30. The van der Waals surface area contributed by atoms with Crippen LogP contribution in [-0.2, 0) is 9.59 Å². The summed E-state index contributed by atoms with van der Waals surface area (Å²) in [4.78, 5) is 26.4. The van der Waals surface area contributed by atoms with Crippen LogP contribution in [0, 0.1) is 0 Å². The molecular formula is C21H32N2O3. The largest absolute Gasteiger partial charge is 0.489 e. The molecular weight excluding hydrogens is 328 g/mol. The van der Waals surface area contributed by atoms with Gasteiger partial charge in [0.2, 0.25) is 11.8 Å². The van der Waals surface area contributed by atoms with Gasteiger partial charge in [-0.2, -0.15) is 0 Å². The highest BCUT2D eigenvalue weighted by Gasteiger charge is 2.23. The normalized spacial score (nSPS) is 15.4. The van der Waals surface area contributed by atoms with E-state index in [1.165, 1.54) is 25.7 Å². The highest BCUT2D eigenvalue weighted by Crippen LogP contribution is 2.25. The summed E-state index contributed by atoms with van der Waals surface area (Å²) in [6.07, 6.45) is 7.26. The van der Waals surface area contributed by atoms with Crippen LogP contribution >= 0.6 is 0 Å². The van der Waals surface area contributed by atoms with E-state index >= 15 is 0 Å². The van der Waals surface area contributed by atoms with Gasteiger partial charge in [-0.15, -0.1) is 0 Å². The maximum Gasteiger partial charge on any atom is 0.226 e. The summed E-state index contributed by atoms with van der Waals surface area (Å²) in [7, 11) is 0. The first-order valence-electron chi connectivity index (χ1n) is 9.80. The number of hydrogen-bond donors (Lipinski definition) is 1. The first-order valence-corrected chi connectivity index (χ1v) is 9.80. The Morgan fingerprint density at radius 2 is 1.81 bits per heavy atom. The van der Waals surface area contributed by atoms with E-state index in [1.807, 2.05) is 43.0 Å². The van der Waals surface area contributed by atoms with Crippen molar-refractivity contribution in [1.82, 2.24) is 4.90 Å². The van der Waals surface area contributed by atoms with Crippen LogP contribution in [0.1, 0.15) is 65.7 Å². The van der Waals surface area contributed by atoms with Crippen LogP contribution in [0.2, 0.25) is 0 Å². The molecule has 5 heteroatoms. The van der Waals surface area contributed by atoms with Gasteiger partial charge in [0.05, 0.1) is 11.8 Å². The number of hydrogen-bond acceptors (Lipinski definition) is 3. The van der Waals surface area contributed by atoms with Crippen molar-refractivity contribution in [1.29, 1.82) is 0 Å². The smallest absolute Gasteiger partial charge is 0.226 e. The molecule has 144 valence electrons. The molecule has 0 radical (unpaired) electrons. The Morgan fingerprint density at radius 3 is 2.42 bits per heavy atom. The second kappa shape index (κ2) is 10.2.